The molecular weight excluding hydrogens is 222 g/mol. The largest absolute Gasteiger partial charge is 0.370 e. The number of anilines is 1. The van der Waals surface area contributed by atoms with Crippen LogP contribution in [0.1, 0.15) is 70.0 Å². The number of nitrogens with one attached hydrogen (secondary N) is 1. The zero-order chi connectivity index (χ0) is 13.5. The van der Waals surface area contributed by atoms with Gasteiger partial charge < -0.3 is 5.32 Å². The summed E-state index contributed by atoms with van der Waals surface area (Å²) in [6, 6.07) is 0. The second-order valence-corrected chi connectivity index (χ2v) is 5.19. The first kappa shape index (κ1) is 14.9. The van der Waals surface area contributed by atoms with Crippen molar-refractivity contribution in [2.75, 3.05) is 11.9 Å². The highest BCUT2D eigenvalue weighted by molar-refractivity contribution is 5.46. The highest BCUT2D eigenvalue weighted by atomic mass is 15.0. The average molecular weight is 249 g/mol. The maximum Gasteiger partial charge on any atom is 0.133 e. The lowest BCUT2D eigenvalue weighted by atomic mass is 10.1. The Labute approximate surface area is 111 Å². The molecule has 18 heavy (non-hydrogen) atoms. The van der Waals surface area contributed by atoms with E-state index in [9.17, 15) is 0 Å². The fraction of sp³-hybridized carbons (Fsp3) is 0.733. The molecule has 0 aromatic carbocycles. The summed E-state index contributed by atoms with van der Waals surface area (Å²) >= 11 is 0. The van der Waals surface area contributed by atoms with Gasteiger partial charge in [-0.05, 0) is 26.2 Å². The SMILES string of the molecule is CCCCc1nc(C(C)C)nc(NCCC)c1C. The van der Waals surface area contributed by atoms with E-state index in [0.29, 0.717) is 5.92 Å². The maximum atomic E-state index is 4.73. The lowest BCUT2D eigenvalue weighted by Gasteiger charge is -2.15. The first-order chi connectivity index (χ1) is 8.60. The Balaban J connectivity index is 3.03. The van der Waals surface area contributed by atoms with Crippen molar-refractivity contribution in [1.82, 2.24) is 9.97 Å². The number of nitrogens with zero attached hydrogens (tertiary/aromatic N) is 2. The van der Waals surface area contributed by atoms with Crippen LogP contribution in [0.4, 0.5) is 5.82 Å². The molecule has 0 saturated heterocycles. The fourth-order valence-corrected chi connectivity index (χ4v) is 1.84. The molecule has 1 N–H and O–H groups in total. The topological polar surface area (TPSA) is 37.8 Å². The van der Waals surface area contributed by atoms with E-state index in [1.54, 1.807) is 0 Å². The van der Waals surface area contributed by atoms with E-state index >= 15 is 0 Å². The Morgan fingerprint density at radius 2 is 1.83 bits per heavy atom. The lowest BCUT2D eigenvalue weighted by molar-refractivity contribution is 0.721. The average Bonchev–Trinajstić information content (AvgIpc) is 2.35. The van der Waals surface area contributed by atoms with Crippen molar-refractivity contribution in [2.24, 2.45) is 0 Å². The van der Waals surface area contributed by atoms with Crippen LogP contribution < -0.4 is 5.32 Å². The van der Waals surface area contributed by atoms with E-state index in [-0.39, 0.29) is 0 Å². The summed E-state index contributed by atoms with van der Waals surface area (Å²) < 4.78 is 0. The molecule has 0 amide bonds. The molecule has 102 valence electrons. The molecule has 0 fully saturated rings. The number of hydrogen-bond donors (Lipinski definition) is 1. The second-order valence-electron chi connectivity index (χ2n) is 5.19. The van der Waals surface area contributed by atoms with E-state index in [4.69, 9.17) is 4.98 Å². The molecule has 0 aliphatic rings. The molecule has 1 heterocycles. The predicted molar refractivity (Wildman–Crippen MR) is 78.3 cm³/mol. The third-order valence-corrected chi connectivity index (χ3v) is 3.09. The first-order valence-corrected chi connectivity index (χ1v) is 7.21. The summed E-state index contributed by atoms with van der Waals surface area (Å²) in [7, 11) is 0. The summed E-state index contributed by atoms with van der Waals surface area (Å²) in [6.07, 6.45) is 4.58. The molecule has 1 rings (SSSR count). The summed E-state index contributed by atoms with van der Waals surface area (Å²) in [5.74, 6) is 2.38. The van der Waals surface area contributed by atoms with E-state index in [0.717, 1.165) is 31.0 Å². The Morgan fingerprint density at radius 1 is 1.11 bits per heavy atom. The van der Waals surface area contributed by atoms with Crippen LogP contribution in [-0.4, -0.2) is 16.5 Å². The van der Waals surface area contributed by atoms with Crippen LogP contribution in [0.25, 0.3) is 0 Å². The summed E-state index contributed by atoms with van der Waals surface area (Å²) in [6.45, 7) is 11.8. The molecule has 0 unspecified atom stereocenters. The van der Waals surface area contributed by atoms with E-state index in [1.807, 2.05) is 0 Å². The van der Waals surface area contributed by atoms with Crippen molar-refractivity contribution < 1.29 is 0 Å². The Kier molecular flexibility index (Phi) is 6.10. The first-order valence-electron chi connectivity index (χ1n) is 7.21. The van der Waals surface area contributed by atoms with Crippen LogP contribution in [0.2, 0.25) is 0 Å². The van der Waals surface area contributed by atoms with Gasteiger partial charge in [0.1, 0.15) is 11.6 Å². The zero-order valence-electron chi connectivity index (χ0n) is 12.5. The second kappa shape index (κ2) is 7.34. The molecule has 0 spiro atoms. The number of aryl methyl sites for hydroxylation is 1. The summed E-state index contributed by atoms with van der Waals surface area (Å²) in [4.78, 5) is 9.38. The quantitative estimate of drug-likeness (QED) is 0.791. The minimum absolute atomic E-state index is 0.383. The summed E-state index contributed by atoms with van der Waals surface area (Å²) in [5.41, 5.74) is 2.44. The van der Waals surface area contributed by atoms with Crippen molar-refractivity contribution in [3.8, 4) is 0 Å². The highest BCUT2D eigenvalue weighted by Crippen LogP contribution is 2.21. The van der Waals surface area contributed by atoms with Crippen molar-refractivity contribution in [3.63, 3.8) is 0 Å². The standard InChI is InChI=1S/C15H27N3/c1-6-8-9-13-12(5)15(16-10-7-2)18-14(17-13)11(3)4/h11H,6-10H2,1-5H3,(H,16,17,18). The number of hydrogen-bond acceptors (Lipinski definition) is 3. The minimum atomic E-state index is 0.383. The fourth-order valence-electron chi connectivity index (χ4n) is 1.84. The van der Waals surface area contributed by atoms with Crippen LogP contribution >= 0.6 is 0 Å². The number of rotatable bonds is 7. The third kappa shape index (κ3) is 3.97. The van der Waals surface area contributed by atoms with Gasteiger partial charge in [0.2, 0.25) is 0 Å². The number of unbranched alkanes of at least 4 members (excludes halogenated alkanes) is 1. The van der Waals surface area contributed by atoms with Gasteiger partial charge in [-0.1, -0.05) is 34.1 Å². The molecular formula is C15H27N3. The van der Waals surface area contributed by atoms with E-state index in [2.05, 4.69) is 44.9 Å². The van der Waals surface area contributed by atoms with Crippen molar-refractivity contribution in [2.45, 2.75) is 66.2 Å². The minimum Gasteiger partial charge on any atom is -0.370 e. The molecule has 0 aliphatic carbocycles. The molecule has 0 aliphatic heterocycles. The van der Waals surface area contributed by atoms with Gasteiger partial charge in [0.05, 0.1) is 0 Å². The lowest BCUT2D eigenvalue weighted by Crippen LogP contribution is -2.11. The van der Waals surface area contributed by atoms with Gasteiger partial charge in [-0.15, -0.1) is 0 Å². The van der Waals surface area contributed by atoms with Gasteiger partial charge in [0.15, 0.2) is 0 Å². The van der Waals surface area contributed by atoms with E-state index < -0.39 is 0 Å². The zero-order valence-corrected chi connectivity index (χ0v) is 12.5. The van der Waals surface area contributed by atoms with Crippen molar-refractivity contribution in [1.29, 1.82) is 0 Å². The molecule has 3 nitrogen and oxygen atoms in total. The number of aromatic nitrogens is 2. The monoisotopic (exact) mass is 249 g/mol. The predicted octanol–water partition coefficient (Wildman–Crippen LogP) is 4.07. The van der Waals surface area contributed by atoms with Crippen molar-refractivity contribution in [3.05, 3.63) is 17.1 Å². The molecule has 3 heteroatoms. The Morgan fingerprint density at radius 3 is 2.39 bits per heavy atom. The van der Waals surface area contributed by atoms with Crippen LogP contribution in [0.3, 0.4) is 0 Å². The van der Waals surface area contributed by atoms with Gasteiger partial charge in [-0.25, -0.2) is 9.97 Å². The normalized spacial score (nSPS) is 11.0. The van der Waals surface area contributed by atoms with Gasteiger partial charge in [-0.3, -0.25) is 0 Å². The molecule has 1 aromatic rings. The van der Waals surface area contributed by atoms with E-state index in [1.165, 1.54) is 24.1 Å². The third-order valence-electron chi connectivity index (χ3n) is 3.09. The highest BCUT2D eigenvalue weighted by Gasteiger charge is 2.12. The van der Waals surface area contributed by atoms with Gasteiger partial charge in [0.25, 0.3) is 0 Å². The van der Waals surface area contributed by atoms with Crippen LogP contribution in [0.5, 0.6) is 0 Å². The molecule has 0 bridgehead atoms. The van der Waals surface area contributed by atoms with Crippen LogP contribution in [0, 0.1) is 6.92 Å². The van der Waals surface area contributed by atoms with Gasteiger partial charge >= 0.3 is 0 Å². The smallest absolute Gasteiger partial charge is 0.133 e. The van der Waals surface area contributed by atoms with Gasteiger partial charge in [0, 0.05) is 23.7 Å². The maximum absolute atomic E-state index is 4.73. The molecule has 0 saturated carbocycles. The Hall–Kier alpha value is -1.12. The molecule has 0 atom stereocenters. The molecule has 0 radical (unpaired) electrons. The summed E-state index contributed by atoms with van der Waals surface area (Å²) in [5, 5.41) is 3.42. The van der Waals surface area contributed by atoms with Crippen LogP contribution in [0.15, 0.2) is 0 Å². The molecule has 1 aromatic heterocycles. The van der Waals surface area contributed by atoms with Crippen molar-refractivity contribution >= 4 is 5.82 Å². The van der Waals surface area contributed by atoms with Gasteiger partial charge in [-0.2, -0.15) is 0 Å². The Bertz CT molecular complexity index is 343. The van der Waals surface area contributed by atoms with Crippen LogP contribution in [-0.2, 0) is 6.42 Å².